The van der Waals surface area contributed by atoms with Gasteiger partial charge in [-0.15, -0.1) is 0 Å². The number of anilines is 1. The van der Waals surface area contributed by atoms with E-state index < -0.39 is 15.8 Å². The third kappa shape index (κ3) is 6.16. The Morgan fingerprint density at radius 3 is 2.43 bits per heavy atom. The highest BCUT2D eigenvalue weighted by molar-refractivity contribution is 7.90. The van der Waals surface area contributed by atoms with E-state index in [-0.39, 0.29) is 17.2 Å². The molecular formula is C15H23NO4S. The third-order valence-corrected chi connectivity index (χ3v) is 4.29. The maximum Gasteiger partial charge on any atom is 0.303 e. The average Bonchev–Trinajstić information content (AvgIpc) is 2.34. The lowest BCUT2D eigenvalue weighted by molar-refractivity contribution is -0.138. The topological polar surface area (TPSA) is 83.5 Å². The summed E-state index contributed by atoms with van der Waals surface area (Å²) in [7, 11) is -3.31. The zero-order chi connectivity index (χ0) is 16.0. The van der Waals surface area contributed by atoms with Gasteiger partial charge in [0.1, 0.15) is 0 Å². The number of sulfone groups is 1. The number of carboxylic acids is 1. The molecule has 0 saturated carbocycles. The monoisotopic (exact) mass is 313 g/mol. The van der Waals surface area contributed by atoms with Crippen molar-refractivity contribution in [3.8, 4) is 0 Å². The molecule has 1 aromatic carbocycles. The fourth-order valence-corrected chi connectivity index (χ4v) is 3.21. The summed E-state index contributed by atoms with van der Waals surface area (Å²) in [6, 6.07) is 6.67. The average molecular weight is 313 g/mol. The van der Waals surface area contributed by atoms with E-state index in [1.54, 1.807) is 24.3 Å². The summed E-state index contributed by atoms with van der Waals surface area (Å²) < 4.78 is 23.4. The Hall–Kier alpha value is -1.56. The van der Waals surface area contributed by atoms with Gasteiger partial charge in [-0.1, -0.05) is 26.0 Å². The minimum Gasteiger partial charge on any atom is -0.481 e. The number of rotatable bonds is 8. The first-order valence-electron chi connectivity index (χ1n) is 6.95. The molecular weight excluding hydrogens is 290 g/mol. The smallest absolute Gasteiger partial charge is 0.303 e. The van der Waals surface area contributed by atoms with Crippen LogP contribution in [0, 0.1) is 11.8 Å². The highest BCUT2D eigenvalue weighted by Gasteiger charge is 2.17. The van der Waals surface area contributed by atoms with Gasteiger partial charge in [0.05, 0.1) is 10.6 Å². The molecule has 1 atom stereocenters. The Morgan fingerprint density at radius 1 is 1.29 bits per heavy atom. The molecule has 0 bridgehead atoms. The maximum absolute atomic E-state index is 11.7. The molecule has 1 rings (SSSR count). The van der Waals surface area contributed by atoms with E-state index in [0.29, 0.717) is 18.2 Å². The van der Waals surface area contributed by atoms with E-state index in [1.807, 2.05) is 13.8 Å². The minimum atomic E-state index is -3.31. The van der Waals surface area contributed by atoms with Gasteiger partial charge < -0.3 is 10.4 Å². The molecule has 0 amide bonds. The van der Waals surface area contributed by atoms with Gasteiger partial charge in [0.25, 0.3) is 0 Å². The van der Waals surface area contributed by atoms with Crippen LogP contribution in [0.5, 0.6) is 0 Å². The number of nitrogens with one attached hydrogen (secondary N) is 1. The Bertz CT molecular complexity index is 581. The van der Waals surface area contributed by atoms with E-state index in [1.165, 1.54) is 0 Å². The molecule has 0 radical (unpaired) electrons. The number of carbonyl (C=O) groups is 1. The lowest BCUT2D eigenvalue weighted by Crippen LogP contribution is -2.20. The van der Waals surface area contributed by atoms with Crippen LogP contribution >= 0.6 is 0 Å². The van der Waals surface area contributed by atoms with Crippen LogP contribution in [0.3, 0.4) is 0 Å². The molecule has 0 saturated heterocycles. The van der Waals surface area contributed by atoms with Crippen molar-refractivity contribution in [2.45, 2.75) is 31.6 Å². The molecule has 0 spiro atoms. The largest absolute Gasteiger partial charge is 0.481 e. The number of hydrogen-bond acceptors (Lipinski definition) is 4. The van der Waals surface area contributed by atoms with Crippen LogP contribution in [0.25, 0.3) is 0 Å². The molecule has 0 aliphatic rings. The van der Waals surface area contributed by atoms with Crippen molar-refractivity contribution in [3.63, 3.8) is 0 Å². The van der Waals surface area contributed by atoms with Crippen molar-refractivity contribution in [2.75, 3.05) is 18.1 Å². The highest BCUT2D eigenvalue weighted by atomic mass is 32.2. The first-order chi connectivity index (χ1) is 9.70. The lowest BCUT2D eigenvalue weighted by atomic mass is 9.94. The summed E-state index contributed by atoms with van der Waals surface area (Å²) in [5.41, 5.74) is 0.527. The second-order valence-corrected chi connectivity index (χ2v) is 7.73. The molecule has 0 aliphatic heterocycles. The van der Waals surface area contributed by atoms with Crippen molar-refractivity contribution in [1.29, 1.82) is 0 Å². The van der Waals surface area contributed by atoms with E-state index in [2.05, 4.69) is 5.32 Å². The number of para-hydroxylation sites is 1. The maximum atomic E-state index is 11.7. The highest BCUT2D eigenvalue weighted by Crippen LogP contribution is 2.22. The number of hydrogen-bond donors (Lipinski definition) is 2. The van der Waals surface area contributed by atoms with Crippen molar-refractivity contribution < 1.29 is 18.3 Å². The molecule has 118 valence electrons. The van der Waals surface area contributed by atoms with Crippen LogP contribution in [-0.2, 0) is 14.6 Å². The molecule has 0 fully saturated rings. The van der Waals surface area contributed by atoms with E-state index in [0.717, 1.165) is 12.7 Å². The number of carboxylic acid groups (broad SMARTS) is 1. The SMILES string of the molecule is CC(C)CC(CNc1ccccc1S(C)(=O)=O)CC(=O)O. The molecule has 1 unspecified atom stereocenters. The minimum absolute atomic E-state index is 0.0323. The normalized spacial score (nSPS) is 13.1. The van der Waals surface area contributed by atoms with E-state index >= 15 is 0 Å². The number of benzene rings is 1. The zero-order valence-corrected chi connectivity index (χ0v) is 13.5. The summed E-state index contributed by atoms with van der Waals surface area (Å²) in [4.78, 5) is 11.1. The predicted octanol–water partition coefficient (Wildman–Crippen LogP) is 2.64. The molecule has 1 aromatic rings. The fourth-order valence-electron chi connectivity index (χ4n) is 2.34. The van der Waals surface area contributed by atoms with Crippen LogP contribution in [0.2, 0.25) is 0 Å². The molecule has 0 heterocycles. The van der Waals surface area contributed by atoms with Crippen LogP contribution in [0.4, 0.5) is 5.69 Å². The van der Waals surface area contributed by atoms with Crippen molar-refractivity contribution in [2.24, 2.45) is 11.8 Å². The number of aliphatic carboxylic acids is 1. The van der Waals surface area contributed by atoms with Gasteiger partial charge in [-0.3, -0.25) is 4.79 Å². The van der Waals surface area contributed by atoms with Crippen LogP contribution in [-0.4, -0.2) is 32.3 Å². The second-order valence-electron chi connectivity index (χ2n) is 5.74. The third-order valence-electron chi connectivity index (χ3n) is 3.14. The molecule has 0 aromatic heterocycles. The van der Waals surface area contributed by atoms with Gasteiger partial charge in [0.15, 0.2) is 9.84 Å². The van der Waals surface area contributed by atoms with Crippen molar-refractivity contribution >= 4 is 21.5 Å². The summed E-state index contributed by atoms with van der Waals surface area (Å²) in [5.74, 6) is -0.477. The Labute approximate surface area is 126 Å². The fraction of sp³-hybridized carbons (Fsp3) is 0.533. The first kappa shape index (κ1) is 17.5. The standard InChI is InChI=1S/C15H23NO4S/c1-11(2)8-12(9-15(17)18)10-16-13-6-4-5-7-14(13)21(3,19)20/h4-7,11-12,16H,8-10H2,1-3H3,(H,17,18). The zero-order valence-electron chi connectivity index (χ0n) is 12.7. The van der Waals surface area contributed by atoms with Crippen molar-refractivity contribution in [1.82, 2.24) is 0 Å². The summed E-state index contributed by atoms with van der Waals surface area (Å²) in [6.07, 6.45) is 2.02. The van der Waals surface area contributed by atoms with Crippen LogP contribution in [0.1, 0.15) is 26.7 Å². The van der Waals surface area contributed by atoms with Gasteiger partial charge in [-0.25, -0.2) is 8.42 Å². The van der Waals surface area contributed by atoms with E-state index in [4.69, 9.17) is 5.11 Å². The van der Waals surface area contributed by atoms with Gasteiger partial charge in [0.2, 0.25) is 0 Å². The first-order valence-corrected chi connectivity index (χ1v) is 8.84. The molecule has 2 N–H and O–H groups in total. The molecule has 0 aliphatic carbocycles. The van der Waals surface area contributed by atoms with Crippen LogP contribution < -0.4 is 5.32 Å². The summed E-state index contributed by atoms with van der Waals surface area (Å²) in [5, 5.41) is 12.0. The second kappa shape index (κ2) is 7.45. The Kier molecular flexibility index (Phi) is 6.20. The van der Waals surface area contributed by atoms with E-state index in [9.17, 15) is 13.2 Å². The molecule has 6 heteroatoms. The van der Waals surface area contributed by atoms with Crippen molar-refractivity contribution in [3.05, 3.63) is 24.3 Å². The summed E-state index contributed by atoms with van der Waals surface area (Å²) >= 11 is 0. The predicted molar refractivity (Wildman–Crippen MR) is 83.2 cm³/mol. The summed E-state index contributed by atoms with van der Waals surface area (Å²) in [6.45, 7) is 4.52. The lowest BCUT2D eigenvalue weighted by Gasteiger charge is -2.19. The molecule has 21 heavy (non-hydrogen) atoms. The van der Waals surface area contributed by atoms with Crippen LogP contribution in [0.15, 0.2) is 29.2 Å². The molecule has 5 nitrogen and oxygen atoms in total. The van der Waals surface area contributed by atoms with Gasteiger partial charge in [-0.2, -0.15) is 0 Å². The Balaban J connectivity index is 2.83. The Morgan fingerprint density at radius 2 is 1.90 bits per heavy atom. The van der Waals surface area contributed by atoms with Gasteiger partial charge in [0, 0.05) is 19.2 Å². The quantitative estimate of drug-likeness (QED) is 0.771. The van der Waals surface area contributed by atoms with Gasteiger partial charge in [-0.05, 0) is 30.4 Å². The van der Waals surface area contributed by atoms with Gasteiger partial charge >= 0.3 is 5.97 Å².